The Balaban J connectivity index is 2.91. The molecule has 1 rings (SSSR count). The molecular weight excluding hydrogens is 240 g/mol. The van der Waals surface area contributed by atoms with Crippen LogP contribution < -0.4 is 10.5 Å². The van der Waals surface area contributed by atoms with Gasteiger partial charge in [-0.05, 0) is 19.9 Å². The maximum atomic E-state index is 11.9. The number of nitrogens with zero attached hydrogens (tertiary/aromatic N) is 1. The van der Waals surface area contributed by atoms with Crippen LogP contribution in [-0.2, 0) is 15.6 Å². The number of sulfone groups is 1. The summed E-state index contributed by atoms with van der Waals surface area (Å²) in [6, 6.07) is 3.37. The average Bonchev–Trinajstić information content (AvgIpc) is 2.14. The van der Waals surface area contributed by atoms with Gasteiger partial charge < -0.3 is 10.5 Å². The highest BCUT2D eigenvalue weighted by atomic mass is 32.2. The van der Waals surface area contributed by atoms with Crippen LogP contribution in [-0.4, -0.2) is 31.8 Å². The molecule has 5 nitrogen and oxygen atoms in total. The monoisotopic (exact) mass is 258 g/mol. The number of methoxy groups -OCH3 is 1. The highest BCUT2D eigenvalue weighted by Crippen LogP contribution is 2.18. The lowest BCUT2D eigenvalue weighted by atomic mass is 10.1. The Morgan fingerprint density at radius 1 is 1.47 bits per heavy atom. The van der Waals surface area contributed by atoms with Crippen molar-refractivity contribution in [2.24, 2.45) is 5.73 Å². The van der Waals surface area contributed by atoms with E-state index in [1.54, 1.807) is 32.2 Å². The molecule has 0 aliphatic carbocycles. The van der Waals surface area contributed by atoms with Crippen molar-refractivity contribution in [3.63, 3.8) is 0 Å². The summed E-state index contributed by atoms with van der Waals surface area (Å²) in [5.74, 6) is 0.161. The van der Waals surface area contributed by atoms with Crippen molar-refractivity contribution < 1.29 is 13.2 Å². The molecule has 0 bridgehead atoms. The molecule has 6 heteroatoms. The van der Waals surface area contributed by atoms with Crippen molar-refractivity contribution in [1.29, 1.82) is 0 Å². The normalized spacial score (nSPS) is 12.5. The van der Waals surface area contributed by atoms with Gasteiger partial charge in [-0.25, -0.2) is 13.4 Å². The fraction of sp³-hybridized carbons (Fsp3) is 0.545. The van der Waals surface area contributed by atoms with E-state index in [-0.39, 0.29) is 11.5 Å². The van der Waals surface area contributed by atoms with Gasteiger partial charge in [0.25, 0.3) is 0 Å². The van der Waals surface area contributed by atoms with E-state index in [0.29, 0.717) is 11.4 Å². The SMILES string of the molecule is COc1ncccc1CS(=O)(=O)CC(C)(C)N. The molecule has 0 fully saturated rings. The maximum absolute atomic E-state index is 11.9. The lowest BCUT2D eigenvalue weighted by molar-refractivity contribution is 0.393. The van der Waals surface area contributed by atoms with Crippen LogP contribution in [0.25, 0.3) is 0 Å². The summed E-state index contributed by atoms with van der Waals surface area (Å²) in [4.78, 5) is 3.96. The minimum atomic E-state index is -3.27. The zero-order valence-corrected chi connectivity index (χ0v) is 11.1. The number of pyridine rings is 1. The van der Waals surface area contributed by atoms with Crippen LogP contribution in [0.4, 0.5) is 0 Å². The van der Waals surface area contributed by atoms with Crippen LogP contribution in [0.3, 0.4) is 0 Å². The van der Waals surface area contributed by atoms with Gasteiger partial charge in [0.2, 0.25) is 5.88 Å². The van der Waals surface area contributed by atoms with Crippen LogP contribution in [0.1, 0.15) is 19.4 Å². The highest BCUT2D eigenvalue weighted by molar-refractivity contribution is 7.90. The summed E-state index contributed by atoms with van der Waals surface area (Å²) in [5.41, 5.74) is 5.53. The van der Waals surface area contributed by atoms with E-state index in [4.69, 9.17) is 10.5 Å². The quantitative estimate of drug-likeness (QED) is 0.842. The van der Waals surface area contributed by atoms with Crippen LogP contribution in [0, 0.1) is 0 Å². The predicted molar refractivity (Wildman–Crippen MR) is 66.5 cm³/mol. The highest BCUT2D eigenvalue weighted by Gasteiger charge is 2.23. The van der Waals surface area contributed by atoms with Crippen LogP contribution >= 0.6 is 0 Å². The first kappa shape index (κ1) is 13.9. The van der Waals surface area contributed by atoms with Gasteiger partial charge in [0.1, 0.15) is 0 Å². The molecule has 1 aromatic rings. The number of rotatable bonds is 5. The third kappa shape index (κ3) is 4.70. The second-order valence-electron chi connectivity index (χ2n) is 4.69. The molecule has 0 saturated carbocycles. The van der Waals surface area contributed by atoms with Gasteiger partial charge in [0.05, 0.1) is 18.6 Å². The van der Waals surface area contributed by atoms with E-state index in [1.807, 2.05) is 0 Å². The van der Waals surface area contributed by atoms with Crippen molar-refractivity contribution in [2.45, 2.75) is 25.1 Å². The van der Waals surface area contributed by atoms with Crippen LogP contribution in [0.15, 0.2) is 18.3 Å². The number of hydrogen-bond donors (Lipinski definition) is 1. The Bertz CT molecular complexity index is 478. The van der Waals surface area contributed by atoms with Gasteiger partial charge in [0, 0.05) is 17.3 Å². The smallest absolute Gasteiger partial charge is 0.217 e. The largest absolute Gasteiger partial charge is 0.481 e. The van der Waals surface area contributed by atoms with Crippen molar-refractivity contribution in [2.75, 3.05) is 12.9 Å². The van der Waals surface area contributed by atoms with Crippen molar-refractivity contribution in [1.82, 2.24) is 4.98 Å². The molecule has 2 N–H and O–H groups in total. The molecular formula is C11H18N2O3S. The first-order chi connectivity index (χ1) is 7.73. The summed E-state index contributed by atoms with van der Waals surface area (Å²) in [7, 11) is -1.81. The second-order valence-corrected chi connectivity index (χ2v) is 6.76. The van der Waals surface area contributed by atoms with E-state index in [9.17, 15) is 8.42 Å². The van der Waals surface area contributed by atoms with Crippen molar-refractivity contribution >= 4 is 9.84 Å². The Morgan fingerprint density at radius 3 is 2.65 bits per heavy atom. The summed E-state index contributed by atoms with van der Waals surface area (Å²) in [6.07, 6.45) is 1.56. The fourth-order valence-corrected chi connectivity index (χ4v) is 3.50. The van der Waals surface area contributed by atoms with Crippen LogP contribution in [0.5, 0.6) is 5.88 Å². The minimum absolute atomic E-state index is 0.0714. The van der Waals surface area contributed by atoms with Crippen LogP contribution in [0.2, 0.25) is 0 Å². The number of hydrogen-bond acceptors (Lipinski definition) is 5. The first-order valence-electron chi connectivity index (χ1n) is 5.21. The lowest BCUT2D eigenvalue weighted by Crippen LogP contribution is -2.40. The molecule has 0 radical (unpaired) electrons. The number of nitrogens with two attached hydrogens (primary N) is 1. The van der Waals surface area contributed by atoms with Crippen molar-refractivity contribution in [3.05, 3.63) is 23.9 Å². The second kappa shape index (κ2) is 5.01. The van der Waals surface area contributed by atoms with Crippen molar-refractivity contribution in [3.8, 4) is 5.88 Å². The van der Waals surface area contributed by atoms with Gasteiger partial charge in [-0.15, -0.1) is 0 Å². The molecule has 0 saturated heterocycles. The zero-order chi connectivity index (χ0) is 13.1. The van der Waals surface area contributed by atoms with Gasteiger partial charge in [-0.2, -0.15) is 0 Å². The zero-order valence-electron chi connectivity index (χ0n) is 10.3. The summed E-state index contributed by atoms with van der Waals surface area (Å²) < 4.78 is 28.9. The predicted octanol–water partition coefficient (Wildman–Crippen LogP) is 0.742. The average molecular weight is 258 g/mol. The Labute approximate surface area is 102 Å². The standard InChI is InChI=1S/C11H18N2O3S/c1-11(2,12)8-17(14,15)7-9-5-4-6-13-10(9)16-3/h4-6H,7-8,12H2,1-3H3. The number of ether oxygens (including phenoxy) is 1. The third-order valence-corrected chi connectivity index (χ3v) is 3.95. The topological polar surface area (TPSA) is 82.3 Å². The summed E-state index contributed by atoms with van der Waals surface area (Å²) in [5, 5.41) is 0. The van der Waals surface area contributed by atoms with E-state index in [0.717, 1.165) is 0 Å². The van der Waals surface area contributed by atoms with Gasteiger partial charge in [0.15, 0.2) is 9.84 Å². The lowest BCUT2D eigenvalue weighted by Gasteiger charge is -2.18. The summed E-state index contributed by atoms with van der Waals surface area (Å²) in [6.45, 7) is 3.37. The molecule has 96 valence electrons. The van der Waals surface area contributed by atoms with Gasteiger partial charge in [-0.3, -0.25) is 0 Å². The van der Waals surface area contributed by atoms with E-state index >= 15 is 0 Å². The molecule has 0 aromatic carbocycles. The van der Waals surface area contributed by atoms with E-state index in [1.165, 1.54) is 7.11 Å². The molecule has 0 aliphatic rings. The summed E-state index contributed by atoms with van der Waals surface area (Å²) >= 11 is 0. The molecule has 0 amide bonds. The third-order valence-electron chi connectivity index (χ3n) is 2.01. The van der Waals surface area contributed by atoms with Gasteiger partial charge in [-0.1, -0.05) is 6.07 Å². The number of aromatic nitrogens is 1. The molecule has 1 heterocycles. The minimum Gasteiger partial charge on any atom is -0.481 e. The first-order valence-corrected chi connectivity index (χ1v) is 7.03. The fourth-order valence-electron chi connectivity index (χ4n) is 1.57. The molecule has 17 heavy (non-hydrogen) atoms. The van der Waals surface area contributed by atoms with E-state index in [2.05, 4.69) is 4.98 Å². The van der Waals surface area contributed by atoms with E-state index < -0.39 is 15.4 Å². The Kier molecular flexibility index (Phi) is 4.11. The molecule has 0 unspecified atom stereocenters. The van der Waals surface area contributed by atoms with Gasteiger partial charge >= 0.3 is 0 Å². The molecule has 0 spiro atoms. The molecule has 0 atom stereocenters. The molecule has 0 aliphatic heterocycles. The Morgan fingerprint density at radius 2 is 2.12 bits per heavy atom. The molecule has 1 aromatic heterocycles. The maximum Gasteiger partial charge on any atom is 0.217 e. The Hall–Kier alpha value is -1.14.